The quantitative estimate of drug-likeness (QED) is 0.683. The molecular weight excluding hydrogens is 394 g/mol. The van der Waals surface area contributed by atoms with E-state index in [4.69, 9.17) is 4.74 Å². The SMILES string of the molecule is COc1cc(NC(=O)C(NC(=O)Cc2ccccc2)C(C)C)ccc1N1CCCC1=O. The number of amides is 3. The molecule has 1 atom stereocenters. The molecule has 1 aliphatic rings. The van der Waals surface area contributed by atoms with Crippen LogP contribution in [0.5, 0.6) is 5.75 Å². The van der Waals surface area contributed by atoms with E-state index < -0.39 is 6.04 Å². The van der Waals surface area contributed by atoms with Crippen LogP contribution in [0.25, 0.3) is 0 Å². The summed E-state index contributed by atoms with van der Waals surface area (Å²) in [6.45, 7) is 4.43. The van der Waals surface area contributed by atoms with Crippen molar-refractivity contribution in [1.29, 1.82) is 0 Å². The summed E-state index contributed by atoms with van der Waals surface area (Å²) in [6, 6.07) is 13.9. The molecule has 0 spiro atoms. The highest BCUT2D eigenvalue weighted by molar-refractivity contribution is 5.99. The molecule has 1 aliphatic heterocycles. The van der Waals surface area contributed by atoms with Gasteiger partial charge in [0.15, 0.2) is 0 Å². The normalized spacial score (nSPS) is 14.5. The molecule has 3 rings (SSSR count). The Labute approximate surface area is 182 Å². The third-order valence-corrected chi connectivity index (χ3v) is 5.28. The number of nitrogens with zero attached hydrogens (tertiary/aromatic N) is 1. The fraction of sp³-hybridized carbons (Fsp3) is 0.375. The monoisotopic (exact) mass is 423 g/mol. The minimum atomic E-state index is -0.679. The number of rotatable bonds is 8. The van der Waals surface area contributed by atoms with Gasteiger partial charge in [0.2, 0.25) is 17.7 Å². The summed E-state index contributed by atoms with van der Waals surface area (Å²) in [5, 5.41) is 5.70. The van der Waals surface area contributed by atoms with Gasteiger partial charge in [-0.3, -0.25) is 14.4 Å². The number of ether oxygens (including phenoxy) is 1. The molecule has 1 fully saturated rings. The minimum absolute atomic E-state index is 0.0658. The second kappa shape index (κ2) is 10.1. The fourth-order valence-corrected chi connectivity index (χ4v) is 3.64. The Morgan fingerprint density at radius 3 is 2.48 bits per heavy atom. The van der Waals surface area contributed by atoms with E-state index in [2.05, 4.69) is 10.6 Å². The van der Waals surface area contributed by atoms with Crippen molar-refractivity contribution in [3.05, 3.63) is 54.1 Å². The number of carbonyl (C=O) groups excluding carboxylic acids is 3. The number of nitrogens with one attached hydrogen (secondary N) is 2. The van der Waals surface area contributed by atoms with Gasteiger partial charge >= 0.3 is 0 Å². The van der Waals surface area contributed by atoms with Crippen LogP contribution in [0.1, 0.15) is 32.3 Å². The molecular formula is C24H29N3O4. The second-order valence-electron chi connectivity index (χ2n) is 7.98. The third kappa shape index (κ3) is 5.63. The maximum Gasteiger partial charge on any atom is 0.247 e. The van der Waals surface area contributed by atoms with Gasteiger partial charge in [0, 0.05) is 24.7 Å². The molecule has 2 aromatic rings. The van der Waals surface area contributed by atoms with Crippen molar-refractivity contribution in [2.45, 2.75) is 39.2 Å². The first-order chi connectivity index (χ1) is 14.9. The number of methoxy groups -OCH3 is 1. The Morgan fingerprint density at radius 1 is 1.13 bits per heavy atom. The van der Waals surface area contributed by atoms with Crippen molar-refractivity contribution >= 4 is 29.1 Å². The number of benzene rings is 2. The molecule has 2 N–H and O–H groups in total. The summed E-state index contributed by atoms with van der Waals surface area (Å²) in [5.41, 5.74) is 2.12. The minimum Gasteiger partial charge on any atom is -0.494 e. The molecule has 3 amide bonds. The maximum absolute atomic E-state index is 12.9. The van der Waals surface area contributed by atoms with Crippen molar-refractivity contribution in [3.8, 4) is 5.75 Å². The van der Waals surface area contributed by atoms with Gasteiger partial charge in [-0.15, -0.1) is 0 Å². The van der Waals surface area contributed by atoms with E-state index in [1.807, 2.05) is 44.2 Å². The smallest absolute Gasteiger partial charge is 0.247 e. The first kappa shape index (κ1) is 22.3. The Hall–Kier alpha value is -3.35. The molecule has 1 heterocycles. The van der Waals surface area contributed by atoms with Crippen molar-refractivity contribution in [2.24, 2.45) is 5.92 Å². The van der Waals surface area contributed by atoms with Crippen LogP contribution < -0.4 is 20.3 Å². The van der Waals surface area contributed by atoms with E-state index in [0.717, 1.165) is 12.0 Å². The highest BCUT2D eigenvalue weighted by Crippen LogP contribution is 2.33. The molecule has 7 nitrogen and oxygen atoms in total. The summed E-state index contributed by atoms with van der Waals surface area (Å²) in [5.74, 6) is -0.0227. The zero-order valence-electron chi connectivity index (χ0n) is 18.2. The molecule has 0 radical (unpaired) electrons. The standard InChI is InChI=1S/C24H29N3O4/c1-16(2)23(26-21(28)14-17-8-5-4-6-9-17)24(30)25-18-11-12-19(20(15-18)31-3)27-13-7-10-22(27)29/h4-6,8-9,11-12,15-16,23H,7,10,13-14H2,1-3H3,(H,25,30)(H,26,28). The summed E-state index contributed by atoms with van der Waals surface area (Å²) in [6.07, 6.45) is 1.56. The molecule has 2 aromatic carbocycles. The lowest BCUT2D eigenvalue weighted by Gasteiger charge is -2.23. The predicted octanol–water partition coefficient (Wildman–Crippen LogP) is 3.14. The Balaban J connectivity index is 1.68. The average Bonchev–Trinajstić information content (AvgIpc) is 3.18. The Morgan fingerprint density at radius 2 is 1.87 bits per heavy atom. The van der Waals surface area contributed by atoms with Crippen LogP contribution in [0.2, 0.25) is 0 Å². The Bertz CT molecular complexity index is 943. The maximum atomic E-state index is 12.9. The number of hydrogen-bond acceptors (Lipinski definition) is 4. The van der Waals surface area contributed by atoms with E-state index in [1.54, 1.807) is 23.1 Å². The van der Waals surface area contributed by atoms with Crippen LogP contribution >= 0.6 is 0 Å². The number of carbonyl (C=O) groups is 3. The predicted molar refractivity (Wildman–Crippen MR) is 120 cm³/mol. The van der Waals surface area contributed by atoms with Crippen molar-refractivity contribution < 1.29 is 19.1 Å². The lowest BCUT2D eigenvalue weighted by atomic mass is 10.0. The summed E-state index contributed by atoms with van der Waals surface area (Å²) in [4.78, 5) is 39.1. The molecule has 0 aromatic heterocycles. The molecule has 7 heteroatoms. The van der Waals surface area contributed by atoms with Gasteiger partial charge < -0.3 is 20.3 Å². The molecule has 0 aliphatic carbocycles. The molecule has 0 bridgehead atoms. The zero-order valence-corrected chi connectivity index (χ0v) is 18.2. The first-order valence-corrected chi connectivity index (χ1v) is 10.5. The summed E-state index contributed by atoms with van der Waals surface area (Å²) < 4.78 is 5.45. The Kier molecular flexibility index (Phi) is 7.28. The highest BCUT2D eigenvalue weighted by Gasteiger charge is 2.26. The summed E-state index contributed by atoms with van der Waals surface area (Å²) in [7, 11) is 1.53. The van der Waals surface area contributed by atoms with Crippen LogP contribution in [0.3, 0.4) is 0 Å². The van der Waals surface area contributed by atoms with Gasteiger partial charge in [-0.2, -0.15) is 0 Å². The van der Waals surface area contributed by atoms with E-state index in [0.29, 0.717) is 30.1 Å². The third-order valence-electron chi connectivity index (χ3n) is 5.28. The van der Waals surface area contributed by atoms with Crippen molar-refractivity contribution in [1.82, 2.24) is 5.32 Å². The van der Waals surface area contributed by atoms with Crippen molar-refractivity contribution in [2.75, 3.05) is 23.9 Å². The fourth-order valence-electron chi connectivity index (χ4n) is 3.64. The number of anilines is 2. The van der Waals surface area contributed by atoms with Crippen molar-refractivity contribution in [3.63, 3.8) is 0 Å². The molecule has 1 unspecified atom stereocenters. The van der Waals surface area contributed by atoms with Gasteiger partial charge in [0.05, 0.1) is 19.2 Å². The molecule has 0 saturated carbocycles. The zero-order chi connectivity index (χ0) is 22.4. The van der Waals surface area contributed by atoms with E-state index in [-0.39, 0.29) is 30.1 Å². The lowest BCUT2D eigenvalue weighted by Crippen LogP contribution is -2.47. The van der Waals surface area contributed by atoms with Crippen LogP contribution in [0.4, 0.5) is 11.4 Å². The van der Waals surface area contributed by atoms with Crippen LogP contribution in [0, 0.1) is 5.92 Å². The molecule has 1 saturated heterocycles. The summed E-state index contributed by atoms with van der Waals surface area (Å²) >= 11 is 0. The molecule has 31 heavy (non-hydrogen) atoms. The van der Waals surface area contributed by atoms with Gasteiger partial charge in [-0.05, 0) is 30.0 Å². The van der Waals surface area contributed by atoms with Gasteiger partial charge in [0.25, 0.3) is 0 Å². The number of hydrogen-bond donors (Lipinski definition) is 2. The average molecular weight is 424 g/mol. The highest BCUT2D eigenvalue weighted by atomic mass is 16.5. The van der Waals surface area contributed by atoms with E-state index in [9.17, 15) is 14.4 Å². The topological polar surface area (TPSA) is 87.7 Å². The van der Waals surface area contributed by atoms with E-state index >= 15 is 0 Å². The lowest BCUT2D eigenvalue weighted by molar-refractivity contribution is -0.127. The van der Waals surface area contributed by atoms with Gasteiger partial charge in [-0.25, -0.2) is 0 Å². The van der Waals surface area contributed by atoms with E-state index in [1.165, 1.54) is 7.11 Å². The van der Waals surface area contributed by atoms with Crippen LogP contribution in [-0.4, -0.2) is 37.4 Å². The second-order valence-corrected chi connectivity index (χ2v) is 7.98. The first-order valence-electron chi connectivity index (χ1n) is 10.5. The van der Waals surface area contributed by atoms with Crippen LogP contribution in [0.15, 0.2) is 48.5 Å². The largest absolute Gasteiger partial charge is 0.494 e. The molecule has 164 valence electrons. The van der Waals surface area contributed by atoms with Crippen LogP contribution in [-0.2, 0) is 20.8 Å². The van der Waals surface area contributed by atoms with Gasteiger partial charge in [-0.1, -0.05) is 44.2 Å². The van der Waals surface area contributed by atoms with Gasteiger partial charge in [0.1, 0.15) is 11.8 Å².